The van der Waals surface area contributed by atoms with E-state index >= 15 is 0 Å². The van der Waals surface area contributed by atoms with Crippen LogP contribution in [0.4, 0.5) is 13.2 Å². The van der Waals surface area contributed by atoms with Crippen LogP contribution in [0.2, 0.25) is 0 Å². The number of aromatic nitrogens is 3. The number of rotatable bonds is 4. The summed E-state index contributed by atoms with van der Waals surface area (Å²) in [6.07, 6.45) is -3.49. The van der Waals surface area contributed by atoms with Gasteiger partial charge < -0.3 is 0 Å². The van der Waals surface area contributed by atoms with Crippen molar-refractivity contribution in [3.05, 3.63) is 70.8 Å². The van der Waals surface area contributed by atoms with Gasteiger partial charge in [0.05, 0.1) is 17.6 Å². The van der Waals surface area contributed by atoms with E-state index < -0.39 is 21.7 Å². The van der Waals surface area contributed by atoms with Gasteiger partial charge in [0.1, 0.15) is 0 Å². The second kappa shape index (κ2) is 6.93. The Bertz CT molecular complexity index is 1090. The van der Waals surface area contributed by atoms with E-state index in [1.807, 2.05) is 0 Å². The van der Waals surface area contributed by atoms with Crippen LogP contribution < -0.4 is 0 Å². The molecule has 10 heteroatoms. The maximum atomic E-state index is 13.2. The monoisotopic (exact) mass is 457 g/mol. The first-order valence-electron chi connectivity index (χ1n) is 7.39. The lowest BCUT2D eigenvalue weighted by Crippen LogP contribution is -2.08. The average molecular weight is 458 g/mol. The summed E-state index contributed by atoms with van der Waals surface area (Å²) in [5.41, 5.74) is -0.186. The highest BCUT2D eigenvalue weighted by atomic mass is 79.9. The molecule has 0 bridgehead atoms. The van der Waals surface area contributed by atoms with Crippen molar-refractivity contribution in [2.45, 2.75) is 11.2 Å². The second-order valence-electron chi connectivity index (χ2n) is 5.40. The first-order valence-corrected chi connectivity index (χ1v) is 9.73. The minimum Gasteiger partial charge on any atom is -0.242 e. The fourth-order valence-corrected chi connectivity index (χ4v) is 3.19. The third kappa shape index (κ3) is 3.96. The van der Waals surface area contributed by atoms with Gasteiger partial charge >= 0.3 is 6.18 Å². The lowest BCUT2D eigenvalue weighted by Gasteiger charge is -2.08. The molecule has 3 aromatic rings. The van der Waals surface area contributed by atoms with E-state index in [2.05, 4.69) is 32.6 Å². The Balaban J connectivity index is 2.15. The summed E-state index contributed by atoms with van der Waals surface area (Å²) in [6, 6.07) is 10.1. The summed E-state index contributed by atoms with van der Waals surface area (Å²) < 4.78 is 64.8. The van der Waals surface area contributed by atoms with Crippen LogP contribution in [0.25, 0.3) is 16.9 Å². The molecule has 0 N–H and O–H groups in total. The van der Waals surface area contributed by atoms with E-state index in [4.69, 9.17) is 0 Å². The Labute approximate surface area is 161 Å². The molecule has 0 unspecified atom stereocenters. The van der Waals surface area contributed by atoms with Crippen LogP contribution in [0.1, 0.15) is 5.69 Å². The van der Waals surface area contributed by atoms with Crippen molar-refractivity contribution in [3.8, 4) is 16.9 Å². The molecule has 0 saturated heterocycles. The summed E-state index contributed by atoms with van der Waals surface area (Å²) in [7, 11) is -3.74. The van der Waals surface area contributed by atoms with Crippen LogP contribution in [0.15, 0.2) is 70.1 Å². The maximum absolute atomic E-state index is 13.2. The molecule has 0 fully saturated rings. The smallest absolute Gasteiger partial charge is 0.242 e. The maximum Gasteiger partial charge on any atom is 0.435 e. The molecule has 0 aliphatic heterocycles. The molecule has 0 saturated carbocycles. The highest BCUT2D eigenvalue weighted by molar-refractivity contribution is 9.10. The van der Waals surface area contributed by atoms with Crippen molar-refractivity contribution in [3.63, 3.8) is 0 Å². The van der Waals surface area contributed by atoms with Gasteiger partial charge in [-0.2, -0.15) is 18.3 Å². The van der Waals surface area contributed by atoms with Crippen LogP contribution in [0.3, 0.4) is 0 Å². The number of alkyl halides is 3. The van der Waals surface area contributed by atoms with Gasteiger partial charge in [-0.15, -0.1) is 0 Å². The molecule has 0 aliphatic carbocycles. The van der Waals surface area contributed by atoms with Crippen molar-refractivity contribution in [2.75, 3.05) is 0 Å². The van der Waals surface area contributed by atoms with Gasteiger partial charge in [0, 0.05) is 15.4 Å². The number of hydrogen-bond acceptors (Lipinski definition) is 4. The zero-order chi connectivity index (χ0) is 19.8. The van der Waals surface area contributed by atoms with Crippen LogP contribution in [-0.4, -0.2) is 23.2 Å². The minimum absolute atomic E-state index is 0.187. The molecule has 27 heavy (non-hydrogen) atoms. The Morgan fingerprint density at radius 1 is 1.11 bits per heavy atom. The molecule has 2 heterocycles. The number of nitrogens with zero attached hydrogens (tertiary/aromatic N) is 3. The van der Waals surface area contributed by atoms with Gasteiger partial charge in [0.2, 0.25) is 9.84 Å². The van der Waals surface area contributed by atoms with E-state index in [-0.39, 0.29) is 16.4 Å². The molecule has 0 aliphatic rings. The first kappa shape index (κ1) is 19.3. The van der Waals surface area contributed by atoms with Crippen LogP contribution in [0.5, 0.6) is 0 Å². The zero-order valence-electron chi connectivity index (χ0n) is 13.5. The zero-order valence-corrected chi connectivity index (χ0v) is 15.9. The molecule has 140 valence electrons. The molecule has 1 aromatic carbocycles. The van der Waals surface area contributed by atoms with Crippen molar-refractivity contribution in [1.29, 1.82) is 0 Å². The summed E-state index contributed by atoms with van der Waals surface area (Å²) >= 11 is 3.27. The number of sulfone groups is 1. The predicted octanol–water partition coefficient (Wildman–Crippen LogP) is 4.63. The Kier molecular flexibility index (Phi) is 4.96. The van der Waals surface area contributed by atoms with Crippen LogP contribution in [-0.2, 0) is 16.0 Å². The number of hydrogen-bond donors (Lipinski definition) is 0. The van der Waals surface area contributed by atoms with E-state index in [0.29, 0.717) is 5.56 Å². The second-order valence-corrected chi connectivity index (χ2v) is 8.15. The SMILES string of the molecule is C=CS(=O)(=O)c1ccc(-n2nc(C(F)(F)F)cc2-c2ccc(Br)cc2)cn1. The molecule has 0 amide bonds. The summed E-state index contributed by atoms with van der Waals surface area (Å²) in [6.45, 7) is 3.21. The van der Waals surface area contributed by atoms with Crippen LogP contribution in [0, 0.1) is 0 Å². The molecule has 0 radical (unpaired) electrons. The van der Waals surface area contributed by atoms with E-state index in [1.165, 1.54) is 12.1 Å². The Morgan fingerprint density at radius 3 is 2.30 bits per heavy atom. The highest BCUT2D eigenvalue weighted by Gasteiger charge is 2.35. The lowest BCUT2D eigenvalue weighted by atomic mass is 10.1. The number of halogens is 4. The minimum atomic E-state index is -4.63. The van der Waals surface area contributed by atoms with Crippen molar-refractivity contribution < 1.29 is 21.6 Å². The molecule has 2 aromatic heterocycles. The predicted molar refractivity (Wildman–Crippen MR) is 96.9 cm³/mol. The van der Waals surface area contributed by atoms with E-state index in [0.717, 1.165) is 26.8 Å². The van der Waals surface area contributed by atoms with Gasteiger partial charge in [-0.3, -0.25) is 0 Å². The fourth-order valence-electron chi connectivity index (χ4n) is 2.29. The van der Waals surface area contributed by atoms with Crippen molar-refractivity contribution >= 4 is 25.8 Å². The van der Waals surface area contributed by atoms with Crippen molar-refractivity contribution in [2.24, 2.45) is 0 Å². The van der Waals surface area contributed by atoms with E-state index in [1.54, 1.807) is 24.3 Å². The van der Waals surface area contributed by atoms with E-state index in [9.17, 15) is 21.6 Å². The normalized spacial score (nSPS) is 12.1. The number of benzene rings is 1. The standard InChI is InChI=1S/C17H11BrF3N3O2S/c1-2-27(25,26)16-8-7-13(10-22-16)24-14(9-15(23-24)17(19,20)21)11-3-5-12(18)6-4-11/h2-10H,1H2. The highest BCUT2D eigenvalue weighted by Crippen LogP contribution is 2.33. The fraction of sp³-hybridized carbons (Fsp3) is 0.0588. The summed E-state index contributed by atoms with van der Waals surface area (Å²) in [5, 5.41) is 4.13. The summed E-state index contributed by atoms with van der Waals surface area (Å²) in [4.78, 5) is 3.81. The third-order valence-electron chi connectivity index (χ3n) is 3.62. The molecule has 0 atom stereocenters. The Morgan fingerprint density at radius 2 is 1.78 bits per heavy atom. The first-order chi connectivity index (χ1) is 12.6. The van der Waals surface area contributed by atoms with Gasteiger partial charge in [0.15, 0.2) is 10.7 Å². The summed E-state index contributed by atoms with van der Waals surface area (Å²) in [5.74, 6) is 0. The molecular formula is C17H11BrF3N3O2S. The van der Waals surface area contributed by atoms with Crippen molar-refractivity contribution in [1.82, 2.24) is 14.8 Å². The van der Waals surface area contributed by atoms with Gasteiger partial charge in [-0.1, -0.05) is 34.6 Å². The largest absolute Gasteiger partial charge is 0.435 e. The third-order valence-corrected chi connectivity index (χ3v) is 5.41. The Hall–Kier alpha value is -2.46. The van der Waals surface area contributed by atoms with Crippen LogP contribution >= 0.6 is 15.9 Å². The van der Waals surface area contributed by atoms with Gasteiger partial charge in [-0.25, -0.2) is 18.1 Å². The molecular weight excluding hydrogens is 447 g/mol. The van der Waals surface area contributed by atoms with Gasteiger partial charge in [-0.05, 0) is 30.3 Å². The topological polar surface area (TPSA) is 64.8 Å². The quantitative estimate of drug-likeness (QED) is 0.572. The number of pyridine rings is 1. The molecule has 0 spiro atoms. The average Bonchev–Trinajstić information content (AvgIpc) is 3.08. The lowest BCUT2D eigenvalue weighted by molar-refractivity contribution is -0.141. The van der Waals surface area contributed by atoms with Gasteiger partial charge in [0.25, 0.3) is 0 Å². The molecule has 3 rings (SSSR count). The molecule has 5 nitrogen and oxygen atoms in total.